The fourth-order valence-corrected chi connectivity index (χ4v) is 0.702. The number of hydrogen-bond donors (Lipinski definition) is 1. The van der Waals surface area contributed by atoms with Crippen LogP contribution in [0.4, 0.5) is 13.2 Å². The Kier molecular flexibility index (Phi) is 2.90. The Morgan fingerprint density at radius 2 is 1.67 bits per heavy atom. The summed E-state index contributed by atoms with van der Waals surface area (Å²) in [6.45, 7) is 3.08. The zero-order valence-electron chi connectivity index (χ0n) is 7.07. The van der Waals surface area contributed by atoms with E-state index in [2.05, 4.69) is 0 Å². The third kappa shape index (κ3) is 1.97. The van der Waals surface area contributed by atoms with E-state index < -0.39 is 23.5 Å². The molecule has 0 aromatic rings. The van der Waals surface area contributed by atoms with Crippen molar-refractivity contribution in [2.45, 2.75) is 32.5 Å². The number of carbonyl (C=O) groups excluding carboxylic acids is 1. The summed E-state index contributed by atoms with van der Waals surface area (Å²) >= 11 is 0. The first kappa shape index (κ1) is 11.4. The minimum Gasteiger partial charge on any atom is -0.374 e. The SMILES string of the molecule is CC(C)C(=O)C(C)(O)C(F)(F)F. The van der Waals surface area contributed by atoms with Gasteiger partial charge in [-0.1, -0.05) is 13.8 Å². The van der Waals surface area contributed by atoms with Crippen LogP contribution < -0.4 is 0 Å². The average Bonchev–Trinajstić information content (AvgIpc) is 1.83. The van der Waals surface area contributed by atoms with Crippen molar-refractivity contribution in [3.8, 4) is 0 Å². The van der Waals surface area contributed by atoms with Gasteiger partial charge in [0.25, 0.3) is 0 Å². The molecular weight excluding hydrogens is 173 g/mol. The molecule has 12 heavy (non-hydrogen) atoms. The fraction of sp³-hybridized carbons (Fsp3) is 0.857. The largest absolute Gasteiger partial charge is 0.424 e. The van der Waals surface area contributed by atoms with Gasteiger partial charge < -0.3 is 5.11 Å². The molecule has 0 rings (SSSR count). The zero-order chi connectivity index (χ0) is 10.2. The highest BCUT2D eigenvalue weighted by Crippen LogP contribution is 2.32. The van der Waals surface area contributed by atoms with Crippen LogP contribution in [-0.4, -0.2) is 22.7 Å². The van der Waals surface area contributed by atoms with Crippen LogP contribution in [0.3, 0.4) is 0 Å². The number of carbonyl (C=O) groups is 1. The van der Waals surface area contributed by atoms with Gasteiger partial charge in [-0.05, 0) is 6.92 Å². The van der Waals surface area contributed by atoms with Crippen molar-refractivity contribution in [3.63, 3.8) is 0 Å². The Hall–Kier alpha value is -0.580. The quantitative estimate of drug-likeness (QED) is 0.706. The summed E-state index contributed by atoms with van der Waals surface area (Å²) in [4.78, 5) is 10.8. The van der Waals surface area contributed by atoms with Gasteiger partial charge in [-0.15, -0.1) is 0 Å². The van der Waals surface area contributed by atoms with Gasteiger partial charge in [-0.2, -0.15) is 13.2 Å². The maximum absolute atomic E-state index is 12.0. The molecule has 0 saturated heterocycles. The molecule has 1 unspecified atom stereocenters. The zero-order valence-corrected chi connectivity index (χ0v) is 7.07. The molecule has 0 spiro atoms. The normalized spacial score (nSPS) is 17.7. The molecule has 0 aliphatic rings. The van der Waals surface area contributed by atoms with Gasteiger partial charge in [-0.3, -0.25) is 4.79 Å². The van der Waals surface area contributed by atoms with Gasteiger partial charge in [0.05, 0.1) is 0 Å². The van der Waals surface area contributed by atoms with E-state index in [9.17, 15) is 18.0 Å². The highest BCUT2D eigenvalue weighted by Gasteiger charge is 2.55. The molecule has 0 aliphatic carbocycles. The highest BCUT2D eigenvalue weighted by atomic mass is 19.4. The first-order valence-electron chi connectivity index (χ1n) is 3.44. The molecule has 0 bridgehead atoms. The molecule has 0 radical (unpaired) electrons. The summed E-state index contributed by atoms with van der Waals surface area (Å²) in [5, 5.41) is 8.82. The number of hydrogen-bond acceptors (Lipinski definition) is 2. The Morgan fingerprint density at radius 3 is 1.75 bits per heavy atom. The molecule has 0 aromatic heterocycles. The highest BCUT2D eigenvalue weighted by molar-refractivity contribution is 5.89. The molecule has 1 N–H and O–H groups in total. The number of aliphatic hydroxyl groups is 1. The molecule has 0 aliphatic heterocycles. The van der Waals surface area contributed by atoms with E-state index in [0.717, 1.165) is 0 Å². The molecule has 2 nitrogen and oxygen atoms in total. The Bertz CT molecular complexity index is 182. The smallest absolute Gasteiger partial charge is 0.374 e. The molecule has 0 fully saturated rings. The van der Waals surface area contributed by atoms with E-state index >= 15 is 0 Å². The first-order chi connectivity index (χ1) is 5.10. The summed E-state index contributed by atoms with van der Waals surface area (Å²) in [6, 6.07) is 0. The van der Waals surface area contributed by atoms with Gasteiger partial charge in [0, 0.05) is 5.92 Å². The molecule has 1 atom stereocenters. The van der Waals surface area contributed by atoms with E-state index in [1.165, 1.54) is 13.8 Å². The van der Waals surface area contributed by atoms with Crippen molar-refractivity contribution in [2.75, 3.05) is 0 Å². The van der Waals surface area contributed by atoms with E-state index in [0.29, 0.717) is 6.92 Å². The van der Waals surface area contributed by atoms with E-state index in [4.69, 9.17) is 5.11 Å². The van der Waals surface area contributed by atoms with E-state index in [1.54, 1.807) is 0 Å². The molecular formula is C7H11F3O2. The van der Waals surface area contributed by atoms with Crippen LogP contribution in [0.2, 0.25) is 0 Å². The summed E-state index contributed by atoms with van der Waals surface area (Å²) < 4.78 is 35.9. The summed E-state index contributed by atoms with van der Waals surface area (Å²) in [6.07, 6.45) is -4.89. The monoisotopic (exact) mass is 184 g/mol. The standard InChI is InChI=1S/C7H11F3O2/c1-4(2)5(11)6(3,12)7(8,9)10/h4,12H,1-3H3. The Morgan fingerprint density at radius 1 is 1.33 bits per heavy atom. The second-order valence-electron chi connectivity index (χ2n) is 3.09. The minimum absolute atomic E-state index is 0.468. The molecule has 0 heterocycles. The lowest BCUT2D eigenvalue weighted by Crippen LogP contribution is -2.51. The van der Waals surface area contributed by atoms with Crippen LogP contribution in [-0.2, 0) is 4.79 Å². The van der Waals surface area contributed by atoms with E-state index in [-0.39, 0.29) is 0 Å². The van der Waals surface area contributed by atoms with Crippen LogP contribution in [0.15, 0.2) is 0 Å². The third-order valence-corrected chi connectivity index (χ3v) is 1.56. The molecule has 0 saturated carbocycles. The average molecular weight is 184 g/mol. The van der Waals surface area contributed by atoms with Crippen molar-refractivity contribution in [1.29, 1.82) is 0 Å². The van der Waals surface area contributed by atoms with Crippen LogP contribution in [0.5, 0.6) is 0 Å². The van der Waals surface area contributed by atoms with Crippen LogP contribution >= 0.6 is 0 Å². The van der Waals surface area contributed by atoms with Gasteiger partial charge in [0.1, 0.15) is 0 Å². The molecule has 0 amide bonds. The number of rotatable bonds is 2. The van der Waals surface area contributed by atoms with Crippen molar-refractivity contribution in [3.05, 3.63) is 0 Å². The predicted octanol–water partition coefficient (Wildman–Crippen LogP) is 1.52. The number of alkyl halides is 3. The molecule has 5 heteroatoms. The van der Waals surface area contributed by atoms with Gasteiger partial charge in [0.2, 0.25) is 5.60 Å². The number of halogens is 3. The third-order valence-electron chi connectivity index (χ3n) is 1.56. The van der Waals surface area contributed by atoms with Gasteiger partial charge >= 0.3 is 6.18 Å². The van der Waals surface area contributed by atoms with Gasteiger partial charge in [0.15, 0.2) is 5.78 Å². The lowest BCUT2D eigenvalue weighted by Gasteiger charge is -2.26. The second-order valence-corrected chi connectivity index (χ2v) is 3.09. The number of Topliss-reactive ketones (excluding diaryl/α,β-unsaturated/α-hetero) is 1. The fourth-order valence-electron chi connectivity index (χ4n) is 0.702. The van der Waals surface area contributed by atoms with Gasteiger partial charge in [-0.25, -0.2) is 0 Å². The van der Waals surface area contributed by atoms with Crippen molar-refractivity contribution < 1.29 is 23.1 Å². The maximum Gasteiger partial charge on any atom is 0.424 e. The van der Waals surface area contributed by atoms with Crippen LogP contribution in [0.25, 0.3) is 0 Å². The molecule has 0 aromatic carbocycles. The first-order valence-corrected chi connectivity index (χ1v) is 3.44. The van der Waals surface area contributed by atoms with E-state index in [1.807, 2.05) is 0 Å². The van der Waals surface area contributed by atoms with Crippen molar-refractivity contribution >= 4 is 5.78 Å². The van der Waals surface area contributed by atoms with Crippen molar-refractivity contribution in [2.24, 2.45) is 5.92 Å². The second kappa shape index (κ2) is 3.05. The Balaban J connectivity index is 4.74. The summed E-state index contributed by atoms with van der Waals surface area (Å²) in [5.41, 5.74) is -3.22. The topological polar surface area (TPSA) is 37.3 Å². The number of ketones is 1. The Labute approximate surface area is 68.4 Å². The van der Waals surface area contributed by atoms with Crippen LogP contribution in [0.1, 0.15) is 20.8 Å². The maximum atomic E-state index is 12.0. The predicted molar refractivity (Wildman–Crippen MR) is 36.5 cm³/mol. The lowest BCUT2D eigenvalue weighted by molar-refractivity contribution is -0.245. The summed E-state index contributed by atoms with van der Waals surface area (Å²) in [7, 11) is 0. The van der Waals surface area contributed by atoms with Crippen molar-refractivity contribution in [1.82, 2.24) is 0 Å². The van der Waals surface area contributed by atoms with Crippen LogP contribution in [0, 0.1) is 5.92 Å². The molecule has 72 valence electrons. The lowest BCUT2D eigenvalue weighted by atomic mass is 9.92. The summed E-state index contributed by atoms with van der Waals surface area (Å²) in [5.74, 6) is -2.04. The minimum atomic E-state index is -4.89.